The van der Waals surface area contributed by atoms with Gasteiger partial charge in [0, 0.05) is 24.3 Å². The predicted molar refractivity (Wildman–Crippen MR) is 89.4 cm³/mol. The van der Waals surface area contributed by atoms with Crippen molar-refractivity contribution >= 4 is 44.5 Å². The Balaban J connectivity index is 2.06. The molecule has 0 bridgehead atoms. The average Bonchev–Trinajstić information content (AvgIpc) is 2.85. The molecule has 0 saturated carbocycles. The van der Waals surface area contributed by atoms with Crippen LogP contribution >= 0.6 is 27.3 Å². The van der Waals surface area contributed by atoms with Gasteiger partial charge < -0.3 is 10.6 Å². The number of nitrogens with one attached hydrogen (secondary N) is 2. The van der Waals surface area contributed by atoms with Gasteiger partial charge in [0.15, 0.2) is 0 Å². The zero-order chi connectivity index (χ0) is 14.5. The van der Waals surface area contributed by atoms with Gasteiger partial charge in [0.1, 0.15) is 0 Å². The minimum absolute atomic E-state index is 0.0292. The second kappa shape index (κ2) is 6.90. The minimum Gasteiger partial charge on any atom is -0.381 e. The van der Waals surface area contributed by atoms with Crippen LogP contribution in [0.4, 0.5) is 11.4 Å². The molecule has 0 unspecified atom stereocenters. The van der Waals surface area contributed by atoms with Crippen LogP contribution in [0, 0.1) is 6.92 Å². The maximum atomic E-state index is 11.4. The van der Waals surface area contributed by atoms with Crippen molar-refractivity contribution in [3.8, 4) is 0 Å². The molecule has 0 saturated heterocycles. The number of benzene rings is 1. The Morgan fingerprint density at radius 2 is 2.15 bits per heavy atom. The van der Waals surface area contributed by atoms with Gasteiger partial charge in [0.05, 0.1) is 3.79 Å². The highest BCUT2D eigenvalue weighted by molar-refractivity contribution is 9.11. The maximum absolute atomic E-state index is 11.4. The van der Waals surface area contributed by atoms with Crippen molar-refractivity contribution < 1.29 is 4.79 Å². The highest BCUT2D eigenvalue weighted by Crippen LogP contribution is 2.24. The molecule has 5 heteroatoms. The van der Waals surface area contributed by atoms with Gasteiger partial charge in [-0.3, -0.25) is 4.79 Å². The summed E-state index contributed by atoms with van der Waals surface area (Å²) in [4.78, 5) is 11.4. The molecular formula is C15H17BrN2OS. The van der Waals surface area contributed by atoms with Crippen LogP contribution in [0.15, 0.2) is 33.4 Å². The summed E-state index contributed by atoms with van der Waals surface area (Å²) >= 11 is 5.14. The number of thiophene rings is 1. The molecule has 2 rings (SSSR count). The van der Waals surface area contributed by atoms with Crippen LogP contribution in [0.25, 0.3) is 0 Å². The molecular weight excluding hydrogens is 336 g/mol. The monoisotopic (exact) mass is 352 g/mol. The molecule has 2 aromatic rings. The molecule has 20 heavy (non-hydrogen) atoms. The summed E-state index contributed by atoms with van der Waals surface area (Å²) in [5.41, 5.74) is 4.27. The van der Waals surface area contributed by atoms with E-state index in [0.29, 0.717) is 6.42 Å². The molecule has 1 aromatic heterocycles. The van der Waals surface area contributed by atoms with Crippen LogP contribution < -0.4 is 10.6 Å². The van der Waals surface area contributed by atoms with Crippen LogP contribution in [0.2, 0.25) is 0 Å². The van der Waals surface area contributed by atoms with Crippen LogP contribution in [0.1, 0.15) is 24.5 Å². The van der Waals surface area contributed by atoms with Crippen molar-refractivity contribution in [2.24, 2.45) is 0 Å². The first-order valence-electron chi connectivity index (χ1n) is 6.45. The standard InChI is InChI=1S/C15H17BrN2OS/c1-3-15(19)18-12-5-4-10(2)13(7-12)17-8-11-6-14(16)20-9-11/h4-7,9,17H,3,8H2,1-2H3,(H,18,19). The molecule has 0 aliphatic carbocycles. The van der Waals surface area contributed by atoms with E-state index < -0.39 is 0 Å². The Bertz CT molecular complexity index is 610. The fourth-order valence-electron chi connectivity index (χ4n) is 1.78. The van der Waals surface area contributed by atoms with E-state index in [0.717, 1.165) is 27.3 Å². The molecule has 0 aliphatic heterocycles. The first kappa shape index (κ1) is 15.1. The van der Waals surface area contributed by atoms with Crippen molar-refractivity contribution in [3.63, 3.8) is 0 Å². The van der Waals surface area contributed by atoms with E-state index in [-0.39, 0.29) is 5.91 Å². The molecule has 0 fully saturated rings. The lowest BCUT2D eigenvalue weighted by molar-refractivity contribution is -0.115. The van der Waals surface area contributed by atoms with E-state index in [2.05, 4.69) is 44.9 Å². The lowest BCUT2D eigenvalue weighted by atomic mass is 10.1. The molecule has 1 amide bonds. The maximum Gasteiger partial charge on any atom is 0.224 e. The average molecular weight is 353 g/mol. The largest absolute Gasteiger partial charge is 0.381 e. The van der Waals surface area contributed by atoms with Crippen LogP contribution in [0.3, 0.4) is 0 Å². The zero-order valence-corrected chi connectivity index (χ0v) is 13.9. The van der Waals surface area contributed by atoms with Gasteiger partial charge in [-0.2, -0.15) is 0 Å². The van der Waals surface area contributed by atoms with Crippen molar-refractivity contribution in [3.05, 3.63) is 44.6 Å². The highest BCUT2D eigenvalue weighted by atomic mass is 79.9. The van der Waals surface area contributed by atoms with Crippen molar-refractivity contribution in [2.75, 3.05) is 10.6 Å². The van der Waals surface area contributed by atoms with Crippen LogP contribution in [-0.4, -0.2) is 5.91 Å². The van der Waals surface area contributed by atoms with E-state index in [1.807, 2.05) is 25.1 Å². The molecule has 106 valence electrons. The number of hydrogen-bond donors (Lipinski definition) is 2. The SMILES string of the molecule is CCC(=O)Nc1ccc(C)c(NCc2csc(Br)c2)c1. The van der Waals surface area contributed by atoms with E-state index in [1.54, 1.807) is 11.3 Å². The quantitative estimate of drug-likeness (QED) is 0.812. The van der Waals surface area contributed by atoms with E-state index in [1.165, 1.54) is 5.56 Å². The summed E-state index contributed by atoms with van der Waals surface area (Å²) in [6.45, 7) is 4.67. The van der Waals surface area contributed by atoms with E-state index >= 15 is 0 Å². The van der Waals surface area contributed by atoms with Gasteiger partial charge in [0.25, 0.3) is 0 Å². The Morgan fingerprint density at radius 3 is 2.80 bits per heavy atom. The first-order valence-corrected chi connectivity index (χ1v) is 8.13. The van der Waals surface area contributed by atoms with Gasteiger partial charge in [-0.1, -0.05) is 13.0 Å². The number of carbonyl (C=O) groups excluding carboxylic acids is 1. The summed E-state index contributed by atoms with van der Waals surface area (Å²) in [6, 6.07) is 8.02. The molecule has 3 nitrogen and oxygen atoms in total. The molecule has 2 N–H and O–H groups in total. The zero-order valence-electron chi connectivity index (χ0n) is 11.5. The first-order chi connectivity index (χ1) is 9.58. The fourth-order valence-corrected chi connectivity index (χ4v) is 2.98. The highest BCUT2D eigenvalue weighted by Gasteiger charge is 2.04. The number of amides is 1. The smallest absolute Gasteiger partial charge is 0.224 e. The van der Waals surface area contributed by atoms with Crippen molar-refractivity contribution in [1.82, 2.24) is 0 Å². The normalized spacial score (nSPS) is 10.3. The lowest BCUT2D eigenvalue weighted by Crippen LogP contribution is -2.10. The van der Waals surface area contributed by atoms with E-state index in [9.17, 15) is 4.79 Å². The fraction of sp³-hybridized carbons (Fsp3) is 0.267. The number of anilines is 2. The third kappa shape index (κ3) is 4.08. The second-order valence-corrected chi connectivity index (χ2v) is 6.83. The van der Waals surface area contributed by atoms with Gasteiger partial charge in [-0.25, -0.2) is 0 Å². The topological polar surface area (TPSA) is 41.1 Å². The number of rotatable bonds is 5. The molecule has 0 atom stereocenters. The Hall–Kier alpha value is -1.33. The van der Waals surface area contributed by atoms with Gasteiger partial charge in [-0.15, -0.1) is 11.3 Å². The van der Waals surface area contributed by atoms with Crippen LogP contribution in [-0.2, 0) is 11.3 Å². The predicted octanol–water partition coefficient (Wildman–Crippen LogP) is 4.78. The molecule has 0 radical (unpaired) electrons. The van der Waals surface area contributed by atoms with Crippen LogP contribution in [0.5, 0.6) is 0 Å². The molecule has 1 aromatic carbocycles. The summed E-state index contributed by atoms with van der Waals surface area (Å²) in [6.07, 6.45) is 0.486. The number of hydrogen-bond acceptors (Lipinski definition) is 3. The van der Waals surface area contributed by atoms with Gasteiger partial charge >= 0.3 is 0 Å². The summed E-state index contributed by atoms with van der Waals surface area (Å²) < 4.78 is 1.13. The molecule has 1 heterocycles. The van der Waals surface area contributed by atoms with Crippen molar-refractivity contribution in [2.45, 2.75) is 26.8 Å². The minimum atomic E-state index is 0.0292. The number of aryl methyl sites for hydroxylation is 1. The molecule has 0 aliphatic rings. The lowest BCUT2D eigenvalue weighted by Gasteiger charge is -2.11. The third-order valence-corrected chi connectivity index (χ3v) is 4.50. The second-order valence-electron chi connectivity index (χ2n) is 4.54. The van der Waals surface area contributed by atoms with Crippen molar-refractivity contribution in [1.29, 1.82) is 0 Å². The summed E-state index contributed by atoms with van der Waals surface area (Å²) in [5.74, 6) is 0.0292. The van der Waals surface area contributed by atoms with E-state index in [4.69, 9.17) is 0 Å². The Kier molecular flexibility index (Phi) is 5.20. The third-order valence-electron chi connectivity index (χ3n) is 2.95. The summed E-state index contributed by atoms with van der Waals surface area (Å²) in [5, 5.41) is 8.41. The molecule has 0 spiro atoms. The Labute approximate surface area is 131 Å². The van der Waals surface area contributed by atoms with Gasteiger partial charge in [0.2, 0.25) is 5.91 Å². The number of carbonyl (C=O) groups is 1. The Morgan fingerprint density at radius 1 is 1.35 bits per heavy atom. The summed E-state index contributed by atoms with van der Waals surface area (Å²) in [7, 11) is 0. The van der Waals surface area contributed by atoms with Gasteiger partial charge in [-0.05, 0) is 57.6 Å². The number of halogens is 1.